The summed E-state index contributed by atoms with van der Waals surface area (Å²) in [4.78, 5) is 11.5. The van der Waals surface area contributed by atoms with Gasteiger partial charge in [-0.05, 0) is 44.9 Å². The van der Waals surface area contributed by atoms with E-state index in [4.69, 9.17) is 16.2 Å². The van der Waals surface area contributed by atoms with Crippen LogP contribution in [0.2, 0.25) is 0 Å². The fourth-order valence-electron chi connectivity index (χ4n) is 1.86. The highest BCUT2D eigenvalue weighted by Crippen LogP contribution is 2.26. The number of aryl methyl sites for hydroxylation is 1. The van der Waals surface area contributed by atoms with Gasteiger partial charge in [-0.1, -0.05) is 6.07 Å². The predicted molar refractivity (Wildman–Crippen MR) is 85.2 cm³/mol. The summed E-state index contributed by atoms with van der Waals surface area (Å²) in [6, 6.07) is 3.15. The molecule has 124 valence electrons. The fourth-order valence-corrected chi connectivity index (χ4v) is 1.86. The Hall–Kier alpha value is -1.99. The largest absolute Gasteiger partial charge is 0.444 e. The van der Waals surface area contributed by atoms with E-state index < -0.39 is 23.9 Å². The van der Waals surface area contributed by atoms with Gasteiger partial charge in [0, 0.05) is 6.54 Å². The summed E-state index contributed by atoms with van der Waals surface area (Å²) in [5.74, 6) is 0. The van der Waals surface area contributed by atoms with Crippen molar-refractivity contribution in [2.24, 2.45) is 0 Å². The second kappa shape index (κ2) is 6.85. The van der Waals surface area contributed by atoms with Gasteiger partial charge < -0.3 is 31.7 Å². The van der Waals surface area contributed by atoms with Crippen molar-refractivity contribution in [3.63, 3.8) is 0 Å². The van der Waals surface area contributed by atoms with Crippen molar-refractivity contribution in [3.05, 3.63) is 23.3 Å². The third kappa shape index (κ3) is 5.09. The second-order valence-corrected chi connectivity index (χ2v) is 6.24. The lowest BCUT2D eigenvalue weighted by molar-refractivity contribution is 0.0129. The lowest BCUT2D eigenvalue weighted by atomic mass is 10.00. The zero-order chi connectivity index (χ0) is 17.1. The topological polar surface area (TPSA) is 131 Å². The van der Waals surface area contributed by atoms with E-state index in [1.807, 2.05) is 0 Å². The number of hydrogen-bond acceptors (Lipinski definition) is 6. The molecule has 1 aromatic rings. The Kier molecular flexibility index (Phi) is 5.62. The van der Waals surface area contributed by atoms with E-state index in [0.717, 1.165) is 0 Å². The van der Waals surface area contributed by atoms with E-state index in [2.05, 4.69) is 5.32 Å². The van der Waals surface area contributed by atoms with Crippen LogP contribution in [0.25, 0.3) is 0 Å². The number of anilines is 2. The molecule has 1 aromatic carbocycles. The second-order valence-electron chi connectivity index (χ2n) is 6.24. The molecule has 0 spiro atoms. The Morgan fingerprint density at radius 3 is 2.41 bits per heavy atom. The third-order valence-electron chi connectivity index (χ3n) is 3.00. The number of aliphatic hydroxyl groups excluding tert-OH is 2. The van der Waals surface area contributed by atoms with Crippen molar-refractivity contribution in [2.45, 2.75) is 45.5 Å². The first-order valence-corrected chi connectivity index (χ1v) is 6.99. The van der Waals surface area contributed by atoms with Crippen LogP contribution in [0.3, 0.4) is 0 Å². The minimum atomic E-state index is -1.20. The molecule has 1 rings (SSSR count). The van der Waals surface area contributed by atoms with E-state index >= 15 is 0 Å². The smallest absolute Gasteiger partial charge is 0.407 e. The number of nitrogen functional groups attached to an aromatic ring is 2. The molecular formula is C15H25N3O4. The average molecular weight is 311 g/mol. The Morgan fingerprint density at radius 1 is 1.32 bits per heavy atom. The van der Waals surface area contributed by atoms with Gasteiger partial charge in [-0.2, -0.15) is 0 Å². The Balaban J connectivity index is 2.66. The molecule has 0 aliphatic carbocycles. The van der Waals surface area contributed by atoms with Crippen molar-refractivity contribution in [1.29, 1.82) is 0 Å². The maximum atomic E-state index is 11.5. The van der Waals surface area contributed by atoms with Crippen LogP contribution in [0.1, 0.15) is 38.0 Å². The van der Waals surface area contributed by atoms with Crippen LogP contribution in [0.4, 0.5) is 16.2 Å². The summed E-state index contributed by atoms with van der Waals surface area (Å²) in [5.41, 5.74) is 12.8. The molecule has 7 heteroatoms. The summed E-state index contributed by atoms with van der Waals surface area (Å²) in [7, 11) is 0. The van der Waals surface area contributed by atoms with Crippen molar-refractivity contribution in [1.82, 2.24) is 5.32 Å². The number of amides is 1. The van der Waals surface area contributed by atoms with Gasteiger partial charge in [0.1, 0.15) is 17.8 Å². The quantitative estimate of drug-likeness (QED) is 0.529. The van der Waals surface area contributed by atoms with E-state index in [-0.39, 0.29) is 6.54 Å². The molecule has 7 nitrogen and oxygen atoms in total. The molecule has 2 unspecified atom stereocenters. The number of carbonyl (C=O) groups is 1. The van der Waals surface area contributed by atoms with Crippen LogP contribution >= 0.6 is 0 Å². The van der Waals surface area contributed by atoms with E-state index in [0.29, 0.717) is 22.5 Å². The van der Waals surface area contributed by atoms with Crippen LogP contribution in [-0.4, -0.2) is 34.6 Å². The van der Waals surface area contributed by atoms with Crippen LogP contribution in [0.5, 0.6) is 0 Å². The molecule has 0 aliphatic rings. The van der Waals surface area contributed by atoms with Crippen LogP contribution in [0, 0.1) is 6.92 Å². The van der Waals surface area contributed by atoms with Gasteiger partial charge in [0.2, 0.25) is 0 Å². The Morgan fingerprint density at radius 2 is 1.91 bits per heavy atom. The number of alkyl carbamates (subject to hydrolysis) is 1. The van der Waals surface area contributed by atoms with Crippen molar-refractivity contribution < 1.29 is 19.7 Å². The summed E-state index contributed by atoms with van der Waals surface area (Å²) in [6.07, 6.45) is -3.06. The summed E-state index contributed by atoms with van der Waals surface area (Å²) >= 11 is 0. The van der Waals surface area contributed by atoms with Crippen LogP contribution in [0.15, 0.2) is 12.1 Å². The first-order chi connectivity index (χ1) is 10.0. The predicted octanol–water partition coefficient (Wildman–Crippen LogP) is 1.08. The normalized spacial score (nSPS) is 14.3. The molecule has 22 heavy (non-hydrogen) atoms. The Bertz CT molecular complexity index is 517. The van der Waals surface area contributed by atoms with Crippen molar-refractivity contribution in [2.75, 3.05) is 18.0 Å². The molecule has 0 bridgehead atoms. The number of carbonyl (C=O) groups excluding carboxylic acids is 1. The highest BCUT2D eigenvalue weighted by molar-refractivity contribution is 5.69. The first-order valence-electron chi connectivity index (χ1n) is 6.99. The molecule has 7 N–H and O–H groups in total. The zero-order valence-electron chi connectivity index (χ0n) is 13.4. The van der Waals surface area contributed by atoms with Crippen LogP contribution in [-0.2, 0) is 4.74 Å². The zero-order valence-corrected chi connectivity index (χ0v) is 13.4. The monoisotopic (exact) mass is 311 g/mol. The van der Waals surface area contributed by atoms with Crippen LogP contribution < -0.4 is 16.8 Å². The molecule has 0 aromatic heterocycles. The number of ether oxygens (including phenoxy) is 1. The van der Waals surface area contributed by atoms with E-state index in [9.17, 15) is 15.0 Å². The molecule has 0 heterocycles. The van der Waals surface area contributed by atoms with Gasteiger partial charge in [0.15, 0.2) is 0 Å². The number of rotatable bonds is 4. The van der Waals surface area contributed by atoms with Gasteiger partial charge in [-0.3, -0.25) is 0 Å². The molecule has 2 atom stereocenters. The van der Waals surface area contributed by atoms with Crippen molar-refractivity contribution in [3.8, 4) is 0 Å². The van der Waals surface area contributed by atoms with E-state index in [1.54, 1.807) is 33.8 Å². The van der Waals surface area contributed by atoms with Gasteiger partial charge in [-0.25, -0.2) is 4.79 Å². The maximum absolute atomic E-state index is 11.5. The maximum Gasteiger partial charge on any atom is 0.407 e. The summed E-state index contributed by atoms with van der Waals surface area (Å²) < 4.78 is 5.05. The minimum absolute atomic E-state index is 0.153. The number of hydrogen-bond donors (Lipinski definition) is 5. The lowest BCUT2D eigenvalue weighted by Crippen LogP contribution is -2.38. The molecule has 0 saturated carbocycles. The van der Waals surface area contributed by atoms with E-state index in [1.165, 1.54) is 6.07 Å². The van der Waals surface area contributed by atoms with Gasteiger partial charge >= 0.3 is 6.09 Å². The standard InChI is InChI=1S/C15H25N3O4/c1-8-5-9(6-10(16)12(8)17)13(20)11(19)7-18-14(21)22-15(2,3)4/h5-6,11,13,19-20H,7,16-17H2,1-4H3,(H,18,21). The molecule has 1 amide bonds. The Labute approximate surface area is 130 Å². The lowest BCUT2D eigenvalue weighted by Gasteiger charge is -2.22. The summed E-state index contributed by atoms with van der Waals surface area (Å²) in [5, 5.41) is 22.5. The fraction of sp³-hybridized carbons (Fsp3) is 0.533. The SMILES string of the molecule is Cc1cc(C(O)C(O)CNC(=O)OC(C)(C)C)cc(N)c1N. The van der Waals surface area contributed by atoms with Gasteiger partial charge in [-0.15, -0.1) is 0 Å². The van der Waals surface area contributed by atoms with Crippen molar-refractivity contribution >= 4 is 17.5 Å². The average Bonchev–Trinajstić information content (AvgIpc) is 2.38. The first kappa shape index (κ1) is 18.1. The number of benzene rings is 1. The van der Waals surface area contributed by atoms with Gasteiger partial charge in [0.25, 0.3) is 0 Å². The van der Waals surface area contributed by atoms with Gasteiger partial charge in [0.05, 0.1) is 11.4 Å². The molecular weight excluding hydrogens is 286 g/mol. The highest BCUT2D eigenvalue weighted by atomic mass is 16.6. The molecule has 0 aliphatic heterocycles. The molecule has 0 radical (unpaired) electrons. The number of aliphatic hydroxyl groups is 2. The molecule has 0 fully saturated rings. The highest BCUT2D eigenvalue weighted by Gasteiger charge is 2.22. The minimum Gasteiger partial charge on any atom is -0.444 e. The number of nitrogens with two attached hydrogens (primary N) is 2. The molecule has 0 saturated heterocycles. The number of nitrogens with one attached hydrogen (secondary N) is 1. The third-order valence-corrected chi connectivity index (χ3v) is 3.00. The summed E-state index contributed by atoms with van der Waals surface area (Å²) in [6.45, 7) is 6.81.